The van der Waals surface area contributed by atoms with Gasteiger partial charge in [0.25, 0.3) is 11.5 Å². The van der Waals surface area contributed by atoms with Gasteiger partial charge in [0.15, 0.2) is 0 Å². The number of anilines is 2. The van der Waals surface area contributed by atoms with E-state index in [4.69, 9.17) is 4.74 Å². The lowest BCUT2D eigenvalue weighted by atomic mass is 10.1. The maximum Gasteiger partial charge on any atom is 0.278 e. The monoisotopic (exact) mass is 432 g/mol. The molecule has 2 amide bonds. The van der Waals surface area contributed by atoms with Crippen molar-refractivity contribution in [3.8, 4) is 5.75 Å². The second kappa shape index (κ2) is 9.05. The van der Waals surface area contributed by atoms with Crippen LogP contribution in [0.25, 0.3) is 0 Å². The summed E-state index contributed by atoms with van der Waals surface area (Å²) in [5, 5.41) is 6.90. The molecule has 1 aromatic heterocycles. The van der Waals surface area contributed by atoms with E-state index in [1.165, 1.54) is 12.1 Å². The topological polar surface area (TPSA) is 93.5 Å². The first-order valence-electron chi connectivity index (χ1n) is 10.5. The number of ether oxygens (including phenoxy) is 1. The van der Waals surface area contributed by atoms with Crippen LogP contribution in [-0.2, 0) is 17.8 Å². The first-order valence-corrected chi connectivity index (χ1v) is 10.5. The normalized spacial score (nSPS) is 14.7. The van der Waals surface area contributed by atoms with Gasteiger partial charge in [-0.3, -0.25) is 14.4 Å². The van der Waals surface area contributed by atoms with E-state index in [-0.39, 0.29) is 24.2 Å². The number of benzene rings is 2. The standard InChI is InChI=1S/C24H24N4O4/c1-3-32-19-10-8-18(9-11-19)25-22(29)15-27-23(30)13-12-20(26-27)24(31)28-16(2)14-17-6-4-5-7-21(17)28/h4-13,16H,3,14-15H2,1-2H3,(H,25,29). The highest BCUT2D eigenvalue weighted by molar-refractivity contribution is 6.06. The van der Waals surface area contributed by atoms with Gasteiger partial charge < -0.3 is 15.0 Å². The molecule has 32 heavy (non-hydrogen) atoms. The van der Waals surface area contributed by atoms with Crippen molar-refractivity contribution < 1.29 is 14.3 Å². The number of aromatic nitrogens is 2. The Balaban J connectivity index is 1.50. The number of nitrogens with one attached hydrogen (secondary N) is 1. The zero-order valence-electron chi connectivity index (χ0n) is 17.9. The number of fused-ring (bicyclic) bond motifs is 1. The largest absolute Gasteiger partial charge is 0.494 e. The van der Waals surface area contributed by atoms with E-state index in [1.54, 1.807) is 29.2 Å². The summed E-state index contributed by atoms with van der Waals surface area (Å²) in [6, 6.07) is 17.3. The van der Waals surface area contributed by atoms with Crippen molar-refractivity contribution in [2.75, 3.05) is 16.8 Å². The number of para-hydroxylation sites is 1. The van der Waals surface area contributed by atoms with Crippen LogP contribution in [0.3, 0.4) is 0 Å². The minimum atomic E-state index is -0.460. The fourth-order valence-electron chi connectivity index (χ4n) is 3.81. The smallest absolute Gasteiger partial charge is 0.278 e. The van der Waals surface area contributed by atoms with E-state index < -0.39 is 11.5 Å². The third-order valence-corrected chi connectivity index (χ3v) is 5.25. The maximum atomic E-state index is 13.2. The molecule has 0 spiro atoms. The molecule has 8 heteroatoms. The molecule has 3 aromatic rings. The Hall–Kier alpha value is -3.94. The number of amides is 2. The van der Waals surface area contributed by atoms with E-state index in [1.807, 2.05) is 38.1 Å². The summed E-state index contributed by atoms with van der Waals surface area (Å²) in [5.74, 6) is -0.0244. The highest BCUT2D eigenvalue weighted by Gasteiger charge is 2.32. The Morgan fingerprint density at radius 3 is 2.59 bits per heavy atom. The summed E-state index contributed by atoms with van der Waals surface area (Å²) in [6.07, 6.45) is 0.756. The molecule has 1 N–H and O–H groups in total. The van der Waals surface area contributed by atoms with Crippen LogP contribution in [0.4, 0.5) is 11.4 Å². The minimum Gasteiger partial charge on any atom is -0.494 e. The fraction of sp³-hybridized carbons (Fsp3) is 0.250. The third kappa shape index (κ3) is 4.39. The predicted octanol–water partition coefficient (Wildman–Crippen LogP) is 2.87. The molecule has 0 fully saturated rings. The average Bonchev–Trinajstić information content (AvgIpc) is 3.12. The van der Waals surface area contributed by atoms with Crippen molar-refractivity contribution in [3.05, 3.63) is 82.3 Å². The third-order valence-electron chi connectivity index (χ3n) is 5.25. The number of nitrogens with zero attached hydrogens (tertiary/aromatic N) is 3. The molecule has 1 aliphatic rings. The van der Waals surface area contributed by atoms with Crippen molar-refractivity contribution >= 4 is 23.2 Å². The van der Waals surface area contributed by atoms with E-state index in [0.717, 1.165) is 22.4 Å². The van der Waals surface area contributed by atoms with E-state index in [9.17, 15) is 14.4 Å². The Bertz CT molecular complexity index is 1200. The van der Waals surface area contributed by atoms with Gasteiger partial charge >= 0.3 is 0 Å². The van der Waals surface area contributed by atoms with Gasteiger partial charge in [-0.1, -0.05) is 18.2 Å². The van der Waals surface area contributed by atoms with Crippen LogP contribution in [0.5, 0.6) is 5.75 Å². The molecule has 0 saturated heterocycles. The van der Waals surface area contributed by atoms with Gasteiger partial charge in [-0.2, -0.15) is 5.10 Å². The summed E-state index contributed by atoms with van der Waals surface area (Å²) >= 11 is 0. The van der Waals surface area contributed by atoms with Gasteiger partial charge in [0.2, 0.25) is 5.91 Å². The van der Waals surface area contributed by atoms with Gasteiger partial charge in [-0.05, 0) is 62.2 Å². The highest BCUT2D eigenvalue weighted by atomic mass is 16.5. The van der Waals surface area contributed by atoms with Crippen LogP contribution in [0.1, 0.15) is 29.9 Å². The summed E-state index contributed by atoms with van der Waals surface area (Å²) in [7, 11) is 0. The Morgan fingerprint density at radius 1 is 1.09 bits per heavy atom. The van der Waals surface area contributed by atoms with Gasteiger partial charge in [0, 0.05) is 23.5 Å². The molecule has 4 rings (SSSR count). The SMILES string of the molecule is CCOc1ccc(NC(=O)Cn2nc(C(=O)N3c4ccccc4CC3C)ccc2=O)cc1. The first kappa shape index (κ1) is 21.3. The van der Waals surface area contributed by atoms with E-state index in [2.05, 4.69) is 10.4 Å². The van der Waals surface area contributed by atoms with Gasteiger partial charge in [0.05, 0.1) is 6.61 Å². The molecular weight excluding hydrogens is 408 g/mol. The molecule has 0 radical (unpaired) electrons. The lowest BCUT2D eigenvalue weighted by Crippen LogP contribution is -2.38. The molecule has 2 heterocycles. The van der Waals surface area contributed by atoms with Gasteiger partial charge in [-0.15, -0.1) is 0 Å². The van der Waals surface area contributed by atoms with Gasteiger partial charge in [0.1, 0.15) is 18.0 Å². The molecule has 164 valence electrons. The fourth-order valence-corrected chi connectivity index (χ4v) is 3.81. The quantitative estimate of drug-likeness (QED) is 0.647. The zero-order chi connectivity index (χ0) is 22.7. The van der Waals surface area contributed by atoms with Crippen molar-refractivity contribution in [3.63, 3.8) is 0 Å². The molecule has 2 aromatic carbocycles. The van der Waals surface area contributed by atoms with E-state index in [0.29, 0.717) is 18.0 Å². The number of rotatable bonds is 6. The number of hydrogen-bond acceptors (Lipinski definition) is 5. The van der Waals surface area contributed by atoms with Crippen LogP contribution in [0.15, 0.2) is 65.5 Å². The lowest BCUT2D eigenvalue weighted by molar-refractivity contribution is -0.117. The van der Waals surface area contributed by atoms with Crippen LogP contribution in [-0.4, -0.2) is 34.2 Å². The molecule has 8 nitrogen and oxygen atoms in total. The summed E-state index contributed by atoms with van der Waals surface area (Å²) < 4.78 is 6.38. The maximum absolute atomic E-state index is 13.2. The molecule has 0 saturated carbocycles. The molecule has 1 atom stereocenters. The molecule has 0 aliphatic carbocycles. The highest BCUT2D eigenvalue weighted by Crippen LogP contribution is 2.32. The average molecular weight is 432 g/mol. The number of hydrogen-bond donors (Lipinski definition) is 1. The van der Waals surface area contributed by atoms with Crippen molar-refractivity contribution in [1.82, 2.24) is 9.78 Å². The Kier molecular flexibility index (Phi) is 6.02. The van der Waals surface area contributed by atoms with Crippen LogP contribution in [0, 0.1) is 0 Å². The second-order valence-electron chi connectivity index (χ2n) is 7.58. The number of carbonyl (C=O) groups is 2. The van der Waals surface area contributed by atoms with E-state index >= 15 is 0 Å². The second-order valence-corrected chi connectivity index (χ2v) is 7.58. The van der Waals surface area contributed by atoms with Crippen molar-refractivity contribution in [1.29, 1.82) is 0 Å². The van der Waals surface area contributed by atoms with Crippen LogP contribution in [0.2, 0.25) is 0 Å². The molecule has 1 unspecified atom stereocenters. The molecule has 1 aliphatic heterocycles. The Labute approximate surface area is 185 Å². The lowest BCUT2D eigenvalue weighted by Gasteiger charge is -2.22. The predicted molar refractivity (Wildman–Crippen MR) is 121 cm³/mol. The van der Waals surface area contributed by atoms with Crippen LogP contribution >= 0.6 is 0 Å². The number of carbonyl (C=O) groups excluding carboxylic acids is 2. The first-order chi connectivity index (χ1) is 15.5. The van der Waals surface area contributed by atoms with Crippen LogP contribution < -0.4 is 20.5 Å². The van der Waals surface area contributed by atoms with Crippen molar-refractivity contribution in [2.45, 2.75) is 32.9 Å². The summed E-state index contributed by atoms with van der Waals surface area (Å²) in [6.45, 7) is 4.11. The summed E-state index contributed by atoms with van der Waals surface area (Å²) in [5.41, 5.74) is 2.16. The molecular formula is C24H24N4O4. The van der Waals surface area contributed by atoms with Crippen molar-refractivity contribution in [2.24, 2.45) is 0 Å². The zero-order valence-corrected chi connectivity index (χ0v) is 17.9. The Morgan fingerprint density at radius 2 is 1.84 bits per heavy atom. The minimum absolute atomic E-state index is 0.0231. The summed E-state index contributed by atoms with van der Waals surface area (Å²) in [4.78, 5) is 39.6. The van der Waals surface area contributed by atoms with Gasteiger partial charge in [-0.25, -0.2) is 4.68 Å². The molecule has 0 bridgehead atoms.